The SMILES string of the molecule is CN=C(NCc1nncn1-c1ccccc1)N1CCC(C)C(n2ccnc2)C1. The Bertz CT molecular complexity index is 899. The summed E-state index contributed by atoms with van der Waals surface area (Å²) in [5, 5.41) is 11.8. The van der Waals surface area contributed by atoms with Gasteiger partial charge in [0.25, 0.3) is 0 Å². The van der Waals surface area contributed by atoms with Crippen molar-refractivity contribution in [3.63, 3.8) is 0 Å². The third-order valence-corrected chi connectivity index (χ3v) is 5.40. The summed E-state index contributed by atoms with van der Waals surface area (Å²) in [6.45, 7) is 4.75. The van der Waals surface area contributed by atoms with Gasteiger partial charge in [0, 0.05) is 38.2 Å². The predicted molar refractivity (Wildman–Crippen MR) is 108 cm³/mol. The van der Waals surface area contributed by atoms with Crippen LogP contribution < -0.4 is 5.32 Å². The van der Waals surface area contributed by atoms with Crippen molar-refractivity contribution in [2.75, 3.05) is 20.1 Å². The Morgan fingerprint density at radius 1 is 1.25 bits per heavy atom. The second kappa shape index (κ2) is 8.24. The number of likely N-dealkylation sites (tertiary alicyclic amines) is 1. The number of piperidine rings is 1. The Hall–Kier alpha value is -3.16. The molecule has 0 radical (unpaired) electrons. The van der Waals surface area contributed by atoms with E-state index >= 15 is 0 Å². The van der Waals surface area contributed by atoms with Crippen molar-refractivity contribution in [2.24, 2.45) is 10.9 Å². The van der Waals surface area contributed by atoms with Crippen molar-refractivity contribution in [1.82, 2.24) is 34.5 Å². The zero-order chi connectivity index (χ0) is 19.3. The van der Waals surface area contributed by atoms with Crippen molar-refractivity contribution >= 4 is 5.96 Å². The lowest BCUT2D eigenvalue weighted by atomic mass is 9.93. The summed E-state index contributed by atoms with van der Waals surface area (Å²) in [4.78, 5) is 11.0. The molecule has 1 aliphatic rings. The topological polar surface area (TPSA) is 76.2 Å². The van der Waals surface area contributed by atoms with E-state index in [1.54, 1.807) is 6.33 Å². The van der Waals surface area contributed by atoms with Crippen LogP contribution in [-0.2, 0) is 6.54 Å². The Kier molecular flexibility index (Phi) is 5.36. The van der Waals surface area contributed by atoms with Crippen LogP contribution in [0, 0.1) is 5.92 Å². The number of benzene rings is 1. The second-order valence-corrected chi connectivity index (χ2v) is 7.14. The number of hydrogen-bond acceptors (Lipinski definition) is 4. The summed E-state index contributed by atoms with van der Waals surface area (Å²) >= 11 is 0. The van der Waals surface area contributed by atoms with Crippen LogP contribution in [0.25, 0.3) is 5.69 Å². The fourth-order valence-electron chi connectivity index (χ4n) is 3.77. The van der Waals surface area contributed by atoms with Gasteiger partial charge in [0.1, 0.15) is 6.33 Å². The molecule has 0 amide bonds. The van der Waals surface area contributed by atoms with Gasteiger partial charge in [-0.15, -0.1) is 10.2 Å². The number of rotatable bonds is 4. The van der Waals surface area contributed by atoms with Gasteiger partial charge in [-0.1, -0.05) is 25.1 Å². The van der Waals surface area contributed by atoms with Crippen molar-refractivity contribution in [3.8, 4) is 5.69 Å². The maximum atomic E-state index is 4.50. The summed E-state index contributed by atoms with van der Waals surface area (Å²) in [6, 6.07) is 10.5. The average Bonchev–Trinajstić information content (AvgIpc) is 3.42. The molecular formula is C20H26N8. The summed E-state index contributed by atoms with van der Waals surface area (Å²) in [6.07, 6.45) is 8.65. The van der Waals surface area contributed by atoms with Crippen LogP contribution in [0.2, 0.25) is 0 Å². The summed E-state index contributed by atoms with van der Waals surface area (Å²) < 4.78 is 4.20. The fourth-order valence-corrected chi connectivity index (χ4v) is 3.77. The quantitative estimate of drug-likeness (QED) is 0.556. The lowest BCUT2D eigenvalue weighted by Gasteiger charge is -2.39. The van der Waals surface area contributed by atoms with Crippen LogP contribution in [0.4, 0.5) is 0 Å². The van der Waals surface area contributed by atoms with Gasteiger partial charge in [-0.2, -0.15) is 0 Å². The van der Waals surface area contributed by atoms with Gasteiger partial charge in [0.15, 0.2) is 11.8 Å². The minimum Gasteiger partial charge on any atom is -0.349 e. The molecule has 2 atom stereocenters. The molecule has 8 heteroatoms. The van der Waals surface area contributed by atoms with Crippen LogP contribution in [-0.4, -0.2) is 55.3 Å². The van der Waals surface area contributed by atoms with Crippen LogP contribution in [0.3, 0.4) is 0 Å². The van der Waals surface area contributed by atoms with E-state index in [0.717, 1.165) is 37.0 Å². The molecule has 28 heavy (non-hydrogen) atoms. The van der Waals surface area contributed by atoms with Gasteiger partial charge in [-0.25, -0.2) is 4.98 Å². The van der Waals surface area contributed by atoms with Gasteiger partial charge in [-0.3, -0.25) is 9.56 Å². The Labute approximate surface area is 164 Å². The van der Waals surface area contributed by atoms with E-state index < -0.39 is 0 Å². The number of guanidine groups is 1. The number of aliphatic imine (C=N–C) groups is 1. The summed E-state index contributed by atoms with van der Waals surface area (Å²) in [5.74, 6) is 2.34. The molecule has 1 aliphatic heterocycles. The number of aromatic nitrogens is 5. The molecule has 0 aliphatic carbocycles. The lowest BCUT2D eigenvalue weighted by molar-refractivity contribution is 0.189. The molecule has 4 rings (SSSR count). The minimum atomic E-state index is 0.391. The van der Waals surface area contributed by atoms with E-state index in [1.807, 2.05) is 60.7 Å². The van der Waals surface area contributed by atoms with Crippen molar-refractivity contribution in [3.05, 3.63) is 61.2 Å². The van der Waals surface area contributed by atoms with E-state index in [-0.39, 0.29) is 0 Å². The molecule has 2 unspecified atom stereocenters. The van der Waals surface area contributed by atoms with Gasteiger partial charge < -0.3 is 14.8 Å². The third-order valence-electron chi connectivity index (χ3n) is 5.40. The highest BCUT2D eigenvalue weighted by Gasteiger charge is 2.29. The molecular weight excluding hydrogens is 352 g/mol. The first-order valence-electron chi connectivity index (χ1n) is 9.63. The molecule has 146 valence electrons. The number of para-hydroxylation sites is 1. The zero-order valence-electron chi connectivity index (χ0n) is 16.3. The van der Waals surface area contributed by atoms with E-state index in [9.17, 15) is 0 Å². The van der Waals surface area contributed by atoms with Crippen molar-refractivity contribution in [2.45, 2.75) is 25.9 Å². The predicted octanol–water partition coefficient (Wildman–Crippen LogP) is 2.12. The zero-order valence-corrected chi connectivity index (χ0v) is 16.3. The van der Waals surface area contributed by atoms with Gasteiger partial charge in [-0.05, 0) is 24.5 Å². The van der Waals surface area contributed by atoms with E-state index in [4.69, 9.17) is 0 Å². The molecule has 3 aromatic rings. The molecule has 1 N–H and O–H groups in total. The first-order valence-corrected chi connectivity index (χ1v) is 9.63. The van der Waals surface area contributed by atoms with Crippen LogP contribution >= 0.6 is 0 Å². The van der Waals surface area contributed by atoms with Gasteiger partial charge in [0.2, 0.25) is 0 Å². The molecule has 1 aromatic carbocycles. The van der Waals surface area contributed by atoms with E-state index in [2.05, 4.69) is 41.9 Å². The highest BCUT2D eigenvalue weighted by atomic mass is 15.3. The molecule has 1 saturated heterocycles. The second-order valence-electron chi connectivity index (χ2n) is 7.14. The smallest absolute Gasteiger partial charge is 0.194 e. The molecule has 1 fully saturated rings. The minimum absolute atomic E-state index is 0.391. The maximum absolute atomic E-state index is 4.50. The standard InChI is InChI=1S/C20H26N8/c1-16-8-10-26(13-18(16)27-11-9-22-14-27)20(21-2)23-12-19-25-24-15-28(19)17-6-4-3-5-7-17/h3-7,9,11,14-16,18H,8,10,12-13H2,1-2H3,(H,21,23). The maximum Gasteiger partial charge on any atom is 0.194 e. The first-order chi connectivity index (χ1) is 13.8. The Morgan fingerprint density at radius 3 is 2.86 bits per heavy atom. The van der Waals surface area contributed by atoms with E-state index in [0.29, 0.717) is 18.5 Å². The van der Waals surface area contributed by atoms with Crippen LogP contribution in [0.15, 0.2) is 60.4 Å². The molecule has 0 bridgehead atoms. The number of nitrogens with zero attached hydrogens (tertiary/aromatic N) is 7. The van der Waals surface area contributed by atoms with Gasteiger partial charge in [0.05, 0.1) is 18.9 Å². The van der Waals surface area contributed by atoms with Gasteiger partial charge >= 0.3 is 0 Å². The largest absolute Gasteiger partial charge is 0.349 e. The highest BCUT2D eigenvalue weighted by Crippen LogP contribution is 2.27. The molecule has 3 heterocycles. The summed E-state index contributed by atoms with van der Waals surface area (Å²) in [5.41, 5.74) is 1.05. The fraction of sp³-hybridized carbons (Fsp3) is 0.400. The monoisotopic (exact) mass is 378 g/mol. The van der Waals surface area contributed by atoms with E-state index in [1.165, 1.54) is 0 Å². The number of nitrogens with one attached hydrogen (secondary N) is 1. The van der Waals surface area contributed by atoms with Crippen molar-refractivity contribution in [1.29, 1.82) is 0 Å². The molecule has 2 aromatic heterocycles. The van der Waals surface area contributed by atoms with Crippen LogP contribution in [0.1, 0.15) is 25.2 Å². The normalized spacial score (nSPS) is 20.4. The molecule has 0 spiro atoms. The Balaban J connectivity index is 1.44. The number of hydrogen-bond donors (Lipinski definition) is 1. The highest BCUT2D eigenvalue weighted by molar-refractivity contribution is 5.80. The lowest BCUT2D eigenvalue weighted by Crippen LogP contribution is -2.48. The molecule has 8 nitrogen and oxygen atoms in total. The third kappa shape index (κ3) is 3.76. The number of imidazole rings is 1. The summed E-state index contributed by atoms with van der Waals surface area (Å²) in [7, 11) is 1.83. The average molecular weight is 378 g/mol. The first kappa shape index (κ1) is 18.2. The van der Waals surface area contributed by atoms with Crippen LogP contribution in [0.5, 0.6) is 0 Å². The van der Waals surface area contributed by atoms with Crippen molar-refractivity contribution < 1.29 is 0 Å². The Morgan fingerprint density at radius 2 is 2.11 bits per heavy atom. The molecule has 0 saturated carbocycles.